The maximum atomic E-state index is 13.4. The van der Waals surface area contributed by atoms with Gasteiger partial charge in [0.25, 0.3) is 10.0 Å². The molecule has 2 heterocycles. The van der Waals surface area contributed by atoms with Crippen molar-refractivity contribution < 1.29 is 13.2 Å². The van der Waals surface area contributed by atoms with Crippen LogP contribution in [-0.4, -0.2) is 39.4 Å². The van der Waals surface area contributed by atoms with Crippen molar-refractivity contribution in [1.29, 1.82) is 0 Å². The predicted molar refractivity (Wildman–Crippen MR) is 105 cm³/mol. The van der Waals surface area contributed by atoms with Crippen LogP contribution in [0.25, 0.3) is 0 Å². The zero-order valence-electron chi connectivity index (χ0n) is 15.7. The molecule has 2 aromatic rings. The Morgan fingerprint density at radius 3 is 2.30 bits per heavy atom. The van der Waals surface area contributed by atoms with Gasteiger partial charge in [-0.1, -0.05) is 35.9 Å². The average Bonchev–Trinajstić information content (AvgIpc) is 2.83. The summed E-state index contributed by atoms with van der Waals surface area (Å²) in [5.74, 6) is 0.131. The summed E-state index contributed by atoms with van der Waals surface area (Å²) < 4.78 is 28.3. The number of aryl methyl sites for hydroxylation is 1. The first-order valence-corrected chi connectivity index (χ1v) is 10.7. The van der Waals surface area contributed by atoms with Crippen LogP contribution in [0.15, 0.2) is 53.4 Å². The van der Waals surface area contributed by atoms with Gasteiger partial charge in [-0.2, -0.15) is 0 Å². The summed E-state index contributed by atoms with van der Waals surface area (Å²) in [7, 11) is -1.86. The molecule has 0 N–H and O–H groups in total. The molecule has 2 aromatic carbocycles. The largest absolute Gasteiger partial charge is 0.345 e. The SMILES string of the molecule is Cc1ccc(S(=O)(=O)N2CCC3(CCN(C)C3=O)Cc3ccccc32)cc1. The normalized spacial score (nSPS) is 22.8. The third kappa shape index (κ3) is 2.92. The van der Waals surface area contributed by atoms with Crippen LogP contribution >= 0.6 is 0 Å². The second-order valence-corrected chi connectivity index (χ2v) is 9.57. The van der Waals surface area contributed by atoms with E-state index in [9.17, 15) is 13.2 Å². The molecule has 6 heteroatoms. The van der Waals surface area contributed by atoms with E-state index < -0.39 is 15.4 Å². The number of sulfonamides is 1. The summed E-state index contributed by atoms with van der Waals surface area (Å²) in [6.45, 7) is 2.97. The van der Waals surface area contributed by atoms with E-state index in [-0.39, 0.29) is 10.8 Å². The summed E-state index contributed by atoms with van der Waals surface area (Å²) >= 11 is 0. The molecule has 142 valence electrons. The Labute approximate surface area is 160 Å². The number of rotatable bonds is 2. The fourth-order valence-corrected chi connectivity index (χ4v) is 5.77. The number of amides is 1. The molecule has 0 saturated carbocycles. The predicted octanol–water partition coefficient (Wildman–Crippen LogP) is 2.99. The van der Waals surface area contributed by atoms with Crippen LogP contribution < -0.4 is 4.31 Å². The van der Waals surface area contributed by atoms with Gasteiger partial charge in [0.15, 0.2) is 0 Å². The van der Waals surface area contributed by atoms with Gasteiger partial charge in [-0.05, 0) is 49.9 Å². The van der Waals surface area contributed by atoms with Crippen molar-refractivity contribution in [2.45, 2.75) is 31.1 Å². The van der Waals surface area contributed by atoms with Crippen molar-refractivity contribution in [3.8, 4) is 0 Å². The lowest BCUT2D eigenvalue weighted by molar-refractivity contribution is -0.135. The maximum absolute atomic E-state index is 13.4. The molecular weight excluding hydrogens is 360 g/mol. The van der Waals surface area contributed by atoms with E-state index in [2.05, 4.69) is 0 Å². The minimum absolute atomic E-state index is 0.131. The van der Waals surface area contributed by atoms with E-state index in [1.807, 2.05) is 50.4 Å². The molecular formula is C21H24N2O3S. The van der Waals surface area contributed by atoms with Crippen molar-refractivity contribution in [2.75, 3.05) is 24.4 Å². The Bertz CT molecular complexity index is 985. The Hall–Kier alpha value is -2.34. The molecule has 0 aromatic heterocycles. The molecule has 1 spiro atoms. The van der Waals surface area contributed by atoms with Gasteiger partial charge in [0.05, 0.1) is 16.0 Å². The minimum atomic E-state index is -3.68. The van der Waals surface area contributed by atoms with Crippen LogP contribution in [-0.2, 0) is 21.2 Å². The van der Waals surface area contributed by atoms with Crippen LogP contribution in [0.1, 0.15) is 24.0 Å². The minimum Gasteiger partial charge on any atom is -0.345 e. The Kier molecular flexibility index (Phi) is 4.26. The number of para-hydroxylation sites is 1. The lowest BCUT2D eigenvalue weighted by Gasteiger charge is -2.26. The molecule has 27 heavy (non-hydrogen) atoms. The summed E-state index contributed by atoms with van der Waals surface area (Å²) in [6.07, 6.45) is 1.90. The highest BCUT2D eigenvalue weighted by Crippen LogP contribution is 2.44. The van der Waals surface area contributed by atoms with Gasteiger partial charge < -0.3 is 4.90 Å². The number of nitrogens with zero attached hydrogens (tertiary/aromatic N) is 2. The summed E-state index contributed by atoms with van der Waals surface area (Å²) in [5.41, 5.74) is 2.14. The first kappa shape index (κ1) is 18.0. The number of carbonyl (C=O) groups excluding carboxylic acids is 1. The molecule has 1 saturated heterocycles. The van der Waals surface area contributed by atoms with Gasteiger partial charge in [0.2, 0.25) is 5.91 Å². The maximum Gasteiger partial charge on any atom is 0.264 e. The number of hydrogen-bond donors (Lipinski definition) is 0. The van der Waals surface area contributed by atoms with Gasteiger partial charge in [0, 0.05) is 20.1 Å². The fraction of sp³-hybridized carbons (Fsp3) is 0.381. The monoisotopic (exact) mass is 384 g/mol. The molecule has 2 aliphatic heterocycles. The lowest BCUT2D eigenvalue weighted by atomic mass is 9.78. The lowest BCUT2D eigenvalue weighted by Crippen LogP contribution is -2.37. The van der Waals surface area contributed by atoms with Gasteiger partial charge >= 0.3 is 0 Å². The zero-order chi connectivity index (χ0) is 19.2. The Morgan fingerprint density at radius 2 is 1.63 bits per heavy atom. The Morgan fingerprint density at radius 1 is 0.963 bits per heavy atom. The van der Waals surface area contributed by atoms with Crippen molar-refractivity contribution in [3.05, 3.63) is 59.7 Å². The molecule has 1 fully saturated rings. The van der Waals surface area contributed by atoms with Gasteiger partial charge in [0.1, 0.15) is 0 Å². The molecule has 4 rings (SSSR count). The summed E-state index contributed by atoms with van der Waals surface area (Å²) in [4.78, 5) is 14.9. The molecule has 1 amide bonds. The summed E-state index contributed by atoms with van der Waals surface area (Å²) in [6, 6.07) is 14.5. The number of benzene rings is 2. The third-order valence-electron chi connectivity index (χ3n) is 5.92. The highest BCUT2D eigenvalue weighted by Gasteiger charge is 2.48. The van der Waals surface area contributed by atoms with Gasteiger partial charge in [-0.25, -0.2) is 8.42 Å². The van der Waals surface area contributed by atoms with E-state index in [0.717, 1.165) is 24.1 Å². The zero-order valence-corrected chi connectivity index (χ0v) is 16.5. The molecule has 0 radical (unpaired) electrons. The summed E-state index contributed by atoms with van der Waals surface area (Å²) in [5, 5.41) is 0. The van der Waals surface area contributed by atoms with Crippen LogP contribution in [0, 0.1) is 12.3 Å². The van der Waals surface area contributed by atoms with Crippen molar-refractivity contribution in [2.24, 2.45) is 5.41 Å². The van der Waals surface area contributed by atoms with Crippen molar-refractivity contribution in [3.63, 3.8) is 0 Å². The van der Waals surface area contributed by atoms with Gasteiger partial charge in [-0.3, -0.25) is 9.10 Å². The van der Waals surface area contributed by atoms with Crippen LogP contribution in [0.4, 0.5) is 5.69 Å². The van der Waals surface area contributed by atoms with E-state index in [4.69, 9.17) is 0 Å². The van der Waals surface area contributed by atoms with Crippen LogP contribution in [0.2, 0.25) is 0 Å². The molecule has 0 aliphatic carbocycles. The quantitative estimate of drug-likeness (QED) is 0.800. The molecule has 1 atom stereocenters. The second kappa shape index (κ2) is 6.37. The fourth-order valence-electron chi connectivity index (χ4n) is 4.27. The van der Waals surface area contributed by atoms with Crippen LogP contribution in [0.5, 0.6) is 0 Å². The third-order valence-corrected chi connectivity index (χ3v) is 7.75. The number of likely N-dealkylation sites (tertiary alicyclic amines) is 1. The topological polar surface area (TPSA) is 57.7 Å². The standard InChI is InChI=1S/C21H24N2O3S/c1-16-7-9-18(10-8-16)27(25,26)23-14-12-21(11-13-22(2)20(21)24)15-17-5-3-4-6-19(17)23/h3-10H,11-15H2,1-2H3. The number of carbonyl (C=O) groups is 1. The first-order valence-electron chi connectivity index (χ1n) is 9.26. The van der Waals surface area contributed by atoms with Crippen molar-refractivity contribution >= 4 is 21.6 Å². The van der Waals surface area contributed by atoms with E-state index in [1.54, 1.807) is 17.0 Å². The Balaban J connectivity index is 1.79. The first-order chi connectivity index (χ1) is 12.8. The number of anilines is 1. The molecule has 2 aliphatic rings. The van der Waals surface area contributed by atoms with E-state index in [0.29, 0.717) is 25.1 Å². The second-order valence-electron chi connectivity index (χ2n) is 7.70. The number of hydrogen-bond acceptors (Lipinski definition) is 3. The van der Waals surface area contributed by atoms with E-state index >= 15 is 0 Å². The molecule has 5 nitrogen and oxygen atoms in total. The highest BCUT2D eigenvalue weighted by atomic mass is 32.2. The van der Waals surface area contributed by atoms with Crippen LogP contribution in [0.3, 0.4) is 0 Å². The molecule has 1 unspecified atom stereocenters. The molecule has 0 bridgehead atoms. The number of fused-ring (bicyclic) bond motifs is 1. The highest BCUT2D eigenvalue weighted by molar-refractivity contribution is 7.92. The van der Waals surface area contributed by atoms with Crippen molar-refractivity contribution in [1.82, 2.24) is 4.90 Å². The van der Waals surface area contributed by atoms with Gasteiger partial charge in [-0.15, -0.1) is 0 Å². The van der Waals surface area contributed by atoms with E-state index in [1.165, 1.54) is 4.31 Å². The smallest absolute Gasteiger partial charge is 0.264 e. The average molecular weight is 385 g/mol.